The summed E-state index contributed by atoms with van der Waals surface area (Å²) < 4.78 is 63.5. The second kappa shape index (κ2) is 47.6. The molecule has 111 heavy (non-hydrogen) atoms. The van der Waals surface area contributed by atoms with Crippen LogP contribution in [0, 0.1) is 5.41 Å². The Kier molecular flexibility index (Phi) is 49.2. The van der Waals surface area contributed by atoms with E-state index in [1.54, 1.807) is 41.5 Å². The Morgan fingerprint density at radius 3 is 1.10 bits per heavy atom. The first-order chi connectivity index (χ1) is 48.5. The molecule has 0 saturated heterocycles. The summed E-state index contributed by atoms with van der Waals surface area (Å²) in [4.78, 5) is 104. The first-order valence-electron chi connectivity index (χ1n) is 37.7. The van der Waals surface area contributed by atoms with Crippen molar-refractivity contribution in [1.29, 1.82) is 0 Å². The van der Waals surface area contributed by atoms with Crippen LogP contribution in [0.25, 0.3) is 0 Å². The van der Waals surface area contributed by atoms with E-state index in [0.717, 1.165) is 35.8 Å². The van der Waals surface area contributed by atoms with Crippen LogP contribution < -0.4 is 58.5 Å². The summed E-state index contributed by atoms with van der Waals surface area (Å²) in [6.45, 7) is 74.2. The molecule has 12 amide bonds. The normalized spacial score (nSPS) is 13.6. The smallest absolute Gasteiger partial charge is 0.408 e. The maximum atomic E-state index is 12.2. The van der Waals surface area contributed by atoms with Gasteiger partial charge in [0.2, 0.25) is 5.91 Å². The largest absolute Gasteiger partial charge is 0.458 e. The van der Waals surface area contributed by atoms with Gasteiger partial charge in [0, 0.05) is 74.9 Å². The minimum Gasteiger partial charge on any atom is -0.458 e. The number of amides is 12. The first kappa shape index (κ1) is 115. The summed E-state index contributed by atoms with van der Waals surface area (Å²) in [7, 11) is -4.92. The highest BCUT2D eigenvalue weighted by atomic mass is 32.2. The number of carbonyl (C=O) groups excluding carboxylic acids is 9. The molecule has 0 radical (unpaired) electrons. The molecule has 31 heteroatoms. The summed E-state index contributed by atoms with van der Waals surface area (Å²) in [5.74, 6) is -1.59. The Morgan fingerprint density at radius 1 is 0.432 bits per heavy atom. The Balaban J connectivity index is -0.000000286. The summed E-state index contributed by atoms with van der Waals surface area (Å²) in [6.07, 6.45) is 6.93. The number of sulfone groups is 2. The van der Waals surface area contributed by atoms with E-state index in [-0.39, 0.29) is 110 Å². The zero-order valence-electron chi connectivity index (χ0n) is 76.9. The molecule has 0 bridgehead atoms. The number of hydrogen-bond acceptors (Lipinski definition) is 17. The lowest BCUT2D eigenvalue weighted by molar-refractivity contribution is -0.160. The molecule has 1 aliphatic carbocycles. The number of esters is 1. The zero-order chi connectivity index (χ0) is 89.8. The van der Waals surface area contributed by atoms with Crippen LogP contribution in [0.15, 0.2) is 30.3 Å². The van der Waals surface area contributed by atoms with Crippen molar-refractivity contribution in [3.05, 3.63) is 35.9 Å². The van der Waals surface area contributed by atoms with Crippen molar-refractivity contribution in [2.45, 2.75) is 387 Å². The van der Waals surface area contributed by atoms with Gasteiger partial charge in [-0.15, -0.1) is 0 Å². The van der Waals surface area contributed by atoms with E-state index in [1.165, 1.54) is 26.3 Å². The van der Waals surface area contributed by atoms with Gasteiger partial charge in [-0.2, -0.15) is 0 Å². The summed E-state index contributed by atoms with van der Waals surface area (Å²) in [6, 6.07) is 7.99. The van der Waals surface area contributed by atoms with E-state index in [2.05, 4.69) is 65.4 Å². The fourth-order valence-corrected chi connectivity index (χ4v) is 9.43. The Bertz CT molecular complexity index is 3110. The molecule has 2 rings (SSSR count). The molecule has 29 nitrogen and oxygen atoms in total. The molecule has 1 aromatic rings. The third-order valence-electron chi connectivity index (χ3n) is 11.7. The van der Waals surface area contributed by atoms with Crippen LogP contribution >= 0.6 is 0 Å². The third-order valence-corrected chi connectivity index (χ3v) is 13.3. The number of alkyl carbamates (subject to hydrolysis) is 3. The van der Waals surface area contributed by atoms with Gasteiger partial charge < -0.3 is 82.3 Å². The van der Waals surface area contributed by atoms with Crippen LogP contribution in [0.5, 0.6) is 0 Å². The van der Waals surface area contributed by atoms with Crippen LogP contribution in [0.4, 0.5) is 33.6 Å². The second-order valence-corrected chi connectivity index (χ2v) is 44.9. The van der Waals surface area contributed by atoms with E-state index in [1.807, 2.05) is 252 Å². The van der Waals surface area contributed by atoms with E-state index in [4.69, 9.17) is 18.9 Å². The highest BCUT2D eigenvalue weighted by molar-refractivity contribution is 7.91. The number of urea groups is 4. The van der Waals surface area contributed by atoms with Crippen molar-refractivity contribution in [1.82, 2.24) is 63.4 Å². The molecule has 654 valence electrons. The number of hydrogen-bond donors (Lipinski definition) is 11. The SMILES string of the molecule is CC(C)(C)NC(=O)CS(C)(=O)=O.CC(C)(C)NC(=O)NC(C)(C)C.CC(C)(C)NC(=O)NC1(C)CCCCC1.CC(C)(C)NC(=O)N[C@@H](C(=O)OC(C)(C)C)C(C)(C)C.CC(C)(C)NC(=O)OC(C)(C)C.CC(C)(C)NC(=O)OCc1ccccc1.CC(C)OC(=O)NC(C)(C)C.CN(CS(C)(=O)=O)C(=O)NC(C)(C)C. The van der Waals surface area contributed by atoms with Gasteiger partial charge in [0.25, 0.3) is 0 Å². The van der Waals surface area contributed by atoms with Crippen molar-refractivity contribution < 1.29 is 78.9 Å². The minimum absolute atomic E-state index is 0.00752. The topological polar surface area (TPSA) is 394 Å². The summed E-state index contributed by atoms with van der Waals surface area (Å²) >= 11 is 0. The molecule has 0 aliphatic heterocycles. The maximum Gasteiger partial charge on any atom is 0.408 e. The average molecular weight is 1630 g/mol. The van der Waals surface area contributed by atoms with Crippen LogP contribution in [0.1, 0.15) is 308 Å². The molecular formula is C80H160N12O17S2. The first-order valence-corrected chi connectivity index (χ1v) is 41.9. The lowest BCUT2D eigenvalue weighted by Gasteiger charge is -2.35. The number of nitrogens with one attached hydrogen (secondary N) is 11. The van der Waals surface area contributed by atoms with Gasteiger partial charge in [-0.1, -0.05) is 70.4 Å². The molecule has 0 unspecified atom stereocenters. The highest BCUT2D eigenvalue weighted by Crippen LogP contribution is 2.28. The van der Waals surface area contributed by atoms with E-state index in [9.17, 15) is 60.0 Å². The molecule has 1 aliphatic rings. The van der Waals surface area contributed by atoms with Crippen molar-refractivity contribution >= 4 is 74.0 Å². The molecule has 1 fully saturated rings. The summed E-state index contributed by atoms with van der Waals surface area (Å²) in [5, 5.41) is 30.5. The predicted octanol–water partition coefficient (Wildman–Crippen LogP) is 14.8. The number of carbonyl (C=O) groups is 9. The molecule has 0 spiro atoms. The zero-order valence-corrected chi connectivity index (χ0v) is 78.5. The van der Waals surface area contributed by atoms with Crippen molar-refractivity contribution in [2.75, 3.05) is 31.2 Å². The molecule has 0 aromatic heterocycles. The van der Waals surface area contributed by atoms with E-state index >= 15 is 0 Å². The van der Waals surface area contributed by atoms with Gasteiger partial charge in [0.15, 0.2) is 19.7 Å². The van der Waals surface area contributed by atoms with Crippen LogP contribution in [-0.2, 0) is 54.8 Å². The van der Waals surface area contributed by atoms with Crippen LogP contribution in [-0.4, -0.2) is 186 Å². The lowest BCUT2D eigenvalue weighted by atomic mass is 9.83. The van der Waals surface area contributed by atoms with Gasteiger partial charge in [0.05, 0.1) is 6.10 Å². The van der Waals surface area contributed by atoms with Gasteiger partial charge in [-0.3, -0.25) is 4.79 Å². The molecule has 1 saturated carbocycles. The van der Waals surface area contributed by atoms with Crippen molar-refractivity contribution in [3.8, 4) is 0 Å². The quantitative estimate of drug-likeness (QED) is 0.0765. The maximum absolute atomic E-state index is 12.2. The summed E-state index contributed by atoms with van der Waals surface area (Å²) in [5.41, 5.74) is -2.74. The van der Waals surface area contributed by atoms with Gasteiger partial charge in [-0.05, 0) is 273 Å². The van der Waals surface area contributed by atoms with Gasteiger partial charge >= 0.3 is 48.4 Å². The van der Waals surface area contributed by atoms with Crippen LogP contribution in [0.2, 0.25) is 0 Å². The van der Waals surface area contributed by atoms with Gasteiger partial charge in [0.1, 0.15) is 35.5 Å². The van der Waals surface area contributed by atoms with Crippen LogP contribution in [0.3, 0.4) is 0 Å². The number of ether oxygens (including phenoxy) is 4. The Hall–Kier alpha value is -7.05. The second-order valence-electron chi connectivity index (χ2n) is 40.7. The van der Waals surface area contributed by atoms with E-state index in [0.29, 0.717) is 6.61 Å². The highest BCUT2D eigenvalue weighted by Gasteiger charge is 2.37. The fourth-order valence-electron chi connectivity index (χ4n) is 8.06. The standard InChI is InChI=1S/C15H30N2O3.C12H24N2O.C12H17NO2.C9H20N2O.C9H19NO2.C8H18N2O3S.C8H17NO2.C7H15NO3S/c1-13(2,3)10(11(18)20-15(7,8)9)16-12(19)17-14(4,5)6;1-11(2,3)13-10(15)14-12(4)8-6-5-7-9-12;1-12(2,3)13-11(14)15-9-10-7-5-4-6-8-10;1-8(2,3)10-7(12)11-9(4,5)6;1-8(2,3)10-7(11)12-9(4,5)6;1-8(2,3)9-7(11)10(4)6-14(5,12)13;1-6(2)11-7(10)9-8(3,4)5;1-7(2,3)8-6(9)5-12(4,10)11/h10H,1-9H3,(H2,16,17,19);5-9H2,1-4H3,(H2,13,14,15);4-8H,9H2,1-3H3,(H,13,14);1-6H3,(H2,10,11,12);1-6H3,(H,10,11);6H2,1-5H3,(H,9,11);6H,1-5H3,(H,9,10);5H2,1-4H3,(H,8,9)/t10-;;;;;;;/m0......./s1. The molecule has 11 N–H and O–H groups in total. The monoisotopic (exact) mass is 1630 g/mol. The van der Waals surface area contributed by atoms with Crippen molar-refractivity contribution in [3.63, 3.8) is 0 Å². The number of nitrogens with zero attached hydrogens (tertiary/aromatic N) is 1. The average Bonchev–Trinajstić information content (AvgIpc) is 0.837. The number of rotatable bonds is 10. The third kappa shape index (κ3) is 90.0. The van der Waals surface area contributed by atoms with Crippen molar-refractivity contribution in [2.24, 2.45) is 5.41 Å². The molecule has 1 atom stereocenters. The number of benzene rings is 1. The Morgan fingerprint density at radius 2 is 0.775 bits per heavy atom. The Labute approximate surface area is 672 Å². The van der Waals surface area contributed by atoms with Gasteiger partial charge in [-0.25, -0.2) is 55.2 Å². The van der Waals surface area contributed by atoms with E-state index < -0.39 is 60.0 Å². The molecule has 0 heterocycles. The minimum atomic E-state index is -3.21. The predicted molar refractivity (Wildman–Crippen MR) is 451 cm³/mol. The molecular weight excluding hydrogens is 1470 g/mol. The lowest BCUT2D eigenvalue weighted by Crippen LogP contribution is -2.56. The molecule has 1 aromatic carbocycles. The fraction of sp³-hybridized carbons (Fsp3) is 0.812.